The lowest BCUT2D eigenvalue weighted by Gasteiger charge is -1.93. The molecule has 0 saturated heterocycles. The van der Waals surface area contributed by atoms with E-state index in [2.05, 4.69) is 5.32 Å². The first-order valence-corrected chi connectivity index (χ1v) is 5.83. The van der Waals surface area contributed by atoms with Crippen LogP contribution >= 0.6 is 11.8 Å². The van der Waals surface area contributed by atoms with E-state index in [4.69, 9.17) is 0 Å². The zero-order chi connectivity index (χ0) is 10.9. The molecule has 78 valence electrons. The molecule has 0 radical (unpaired) electrons. The molecule has 0 atom stereocenters. The molecule has 0 fully saturated rings. The molecule has 1 amide bonds. The van der Waals surface area contributed by atoms with Crippen molar-refractivity contribution in [3.63, 3.8) is 0 Å². The Bertz CT molecular complexity index is 357. The fourth-order valence-corrected chi connectivity index (χ4v) is 1.22. The average molecular weight is 219 g/mol. The Morgan fingerprint density at radius 1 is 1.33 bits per heavy atom. The van der Waals surface area contributed by atoms with Crippen LogP contribution in [-0.4, -0.2) is 12.2 Å². The largest absolute Gasteiger partial charge is 0.329 e. The second kappa shape index (κ2) is 6.90. The summed E-state index contributed by atoms with van der Waals surface area (Å²) < 4.78 is 0. The number of hydrogen-bond acceptors (Lipinski definition) is 2. The number of hydrogen-bond donors (Lipinski definition) is 1. The predicted octanol–water partition coefficient (Wildman–Crippen LogP) is 2.65. The molecule has 0 unspecified atom stereocenters. The highest BCUT2D eigenvalue weighted by atomic mass is 32.2. The third-order valence-corrected chi connectivity index (χ3v) is 2.06. The summed E-state index contributed by atoms with van der Waals surface area (Å²) in [5.41, 5.74) is 1.06. The average Bonchev–Trinajstić information content (AvgIpc) is 2.28. The highest BCUT2D eigenvalue weighted by Gasteiger charge is 1.88. The van der Waals surface area contributed by atoms with Crippen molar-refractivity contribution in [3.8, 4) is 0 Å². The van der Waals surface area contributed by atoms with Gasteiger partial charge in [0.05, 0.1) is 0 Å². The molecule has 1 aromatic carbocycles. The predicted molar refractivity (Wildman–Crippen MR) is 66.3 cm³/mol. The normalized spacial score (nSPS) is 11.0. The lowest BCUT2D eigenvalue weighted by atomic mass is 10.2. The van der Waals surface area contributed by atoms with E-state index < -0.39 is 0 Å². The van der Waals surface area contributed by atoms with Crippen LogP contribution in [0.15, 0.2) is 48.0 Å². The summed E-state index contributed by atoms with van der Waals surface area (Å²) in [6, 6.07) is 9.81. The van der Waals surface area contributed by atoms with Gasteiger partial charge in [0.2, 0.25) is 5.91 Å². The maximum Gasteiger partial charge on any atom is 0.248 e. The Morgan fingerprint density at radius 3 is 2.73 bits per heavy atom. The van der Waals surface area contributed by atoms with E-state index in [9.17, 15) is 4.79 Å². The van der Waals surface area contributed by atoms with E-state index in [1.165, 1.54) is 17.8 Å². The second-order valence-electron chi connectivity index (χ2n) is 2.79. The molecule has 0 aromatic heterocycles. The number of carbonyl (C=O) groups is 1. The van der Waals surface area contributed by atoms with Gasteiger partial charge in [-0.1, -0.05) is 30.3 Å². The third-order valence-electron chi connectivity index (χ3n) is 1.66. The van der Waals surface area contributed by atoms with Gasteiger partial charge in [-0.05, 0) is 23.3 Å². The second-order valence-corrected chi connectivity index (χ2v) is 3.53. The molecule has 3 heteroatoms. The molecule has 0 aliphatic carbocycles. The molecule has 1 N–H and O–H groups in total. The number of rotatable bonds is 4. The molecule has 2 nitrogen and oxygen atoms in total. The zero-order valence-corrected chi connectivity index (χ0v) is 9.33. The molecule has 0 aliphatic heterocycles. The van der Waals surface area contributed by atoms with Crippen LogP contribution in [-0.2, 0) is 4.79 Å². The van der Waals surface area contributed by atoms with Gasteiger partial charge in [-0.2, -0.15) is 0 Å². The van der Waals surface area contributed by atoms with Crippen LogP contribution in [0.25, 0.3) is 6.08 Å². The van der Waals surface area contributed by atoms with Crippen LogP contribution in [0.3, 0.4) is 0 Å². The van der Waals surface area contributed by atoms with Crippen molar-refractivity contribution in [1.29, 1.82) is 0 Å². The lowest BCUT2D eigenvalue weighted by Crippen LogP contribution is -2.12. The molecule has 1 aromatic rings. The van der Waals surface area contributed by atoms with Crippen LogP contribution in [0.5, 0.6) is 0 Å². The molecular formula is C12H13NOS. The van der Waals surface area contributed by atoms with Gasteiger partial charge in [0, 0.05) is 12.3 Å². The minimum atomic E-state index is -0.114. The number of benzene rings is 1. The standard InChI is InChI=1S/C12H13NOS/c1-15-10-8-12(14)13-9-7-11-5-3-2-4-6-11/h2-10H,1H3,(H,13,14)/b9-7-,10-8+. The molecule has 1 rings (SSSR count). The smallest absolute Gasteiger partial charge is 0.248 e. The Hall–Kier alpha value is -1.48. The van der Waals surface area contributed by atoms with E-state index in [1.54, 1.807) is 11.6 Å². The first-order valence-electron chi connectivity index (χ1n) is 4.54. The van der Waals surface area contributed by atoms with Crippen molar-refractivity contribution in [1.82, 2.24) is 5.32 Å². The maximum atomic E-state index is 11.1. The minimum absolute atomic E-state index is 0.114. The van der Waals surface area contributed by atoms with Crippen LogP contribution in [0.2, 0.25) is 0 Å². The quantitative estimate of drug-likeness (QED) is 0.789. The van der Waals surface area contributed by atoms with Gasteiger partial charge in [-0.25, -0.2) is 0 Å². The van der Waals surface area contributed by atoms with E-state index in [0.717, 1.165) is 5.56 Å². The van der Waals surface area contributed by atoms with Gasteiger partial charge in [0.1, 0.15) is 0 Å². The van der Waals surface area contributed by atoms with Crippen molar-refractivity contribution in [2.45, 2.75) is 0 Å². The fraction of sp³-hybridized carbons (Fsp3) is 0.0833. The summed E-state index contributed by atoms with van der Waals surface area (Å²) in [6.07, 6.45) is 6.90. The van der Waals surface area contributed by atoms with Gasteiger partial charge in [-0.15, -0.1) is 11.8 Å². The van der Waals surface area contributed by atoms with E-state index in [-0.39, 0.29) is 5.91 Å². The highest BCUT2D eigenvalue weighted by Crippen LogP contribution is 1.99. The molecule has 0 heterocycles. The van der Waals surface area contributed by atoms with Crippen molar-refractivity contribution < 1.29 is 4.79 Å². The molecule has 0 saturated carbocycles. The Kier molecular flexibility index (Phi) is 5.33. The summed E-state index contributed by atoms with van der Waals surface area (Å²) >= 11 is 1.49. The summed E-state index contributed by atoms with van der Waals surface area (Å²) in [5.74, 6) is -0.114. The van der Waals surface area contributed by atoms with Crippen molar-refractivity contribution >= 4 is 23.7 Å². The van der Waals surface area contributed by atoms with Crippen LogP contribution < -0.4 is 5.32 Å². The number of amides is 1. The summed E-state index contributed by atoms with van der Waals surface area (Å²) in [4.78, 5) is 11.1. The van der Waals surface area contributed by atoms with E-state index >= 15 is 0 Å². The third kappa shape index (κ3) is 5.08. The Morgan fingerprint density at radius 2 is 2.07 bits per heavy atom. The van der Waals surface area contributed by atoms with Crippen LogP contribution in [0.4, 0.5) is 0 Å². The SMILES string of the molecule is CS/C=C/C(=O)N/C=C\c1ccccc1. The fourth-order valence-electron chi connectivity index (χ4n) is 0.962. The zero-order valence-electron chi connectivity index (χ0n) is 8.51. The summed E-state index contributed by atoms with van der Waals surface area (Å²) in [5, 5.41) is 4.39. The molecular weight excluding hydrogens is 206 g/mol. The van der Waals surface area contributed by atoms with Gasteiger partial charge in [0.15, 0.2) is 0 Å². The van der Waals surface area contributed by atoms with E-state index in [1.807, 2.05) is 42.7 Å². The van der Waals surface area contributed by atoms with Crippen molar-refractivity contribution in [3.05, 3.63) is 53.6 Å². The van der Waals surface area contributed by atoms with Gasteiger partial charge in [0.25, 0.3) is 0 Å². The number of carbonyl (C=O) groups excluding carboxylic acids is 1. The highest BCUT2D eigenvalue weighted by molar-refractivity contribution is 8.01. The van der Waals surface area contributed by atoms with Crippen molar-refractivity contribution in [2.24, 2.45) is 0 Å². The molecule has 0 bridgehead atoms. The summed E-state index contributed by atoms with van der Waals surface area (Å²) in [7, 11) is 0. The van der Waals surface area contributed by atoms with Gasteiger partial charge >= 0.3 is 0 Å². The monoisotopic (exact) mass is 219 g/mol. The first kappa shape index (κ1) is 11.6. The van der Waals surface area contributed by atoms with E-state index in [0.29, 0.717) is 0 Å². The Labute approximate surface area is 94.1 Å². The van der Waals surface area contributed by atoms with Crippen molar-refractivity contribution in [2.75, 3.05) is 6.26 Å². The molecule has 0 spiro atoms. The lowest BCUT2D eigenvalue weighted by molar-refractivity contribution is -0.115. The molecule has 15 heavy (non-hydrogen) atoms. The number of thioether (sulfide) groups is 1. The summed E-state index contributed by atoms with van der Waals surface area (Å²) in [6.45, 7) is 0. The van der Waals surface area contributed by atoms with Gasteiger partial charge < -0.3 is 5.32 Å². The van der Waals surface area contributed by atoms with Crippen LogP contribution in [0.1, 0.15) is 5.56 Å². The minimum Gasteiger partial charge on any atom is -0.329 e. The molecule has 0 aliphatic rings. The van der Waals surface area contributed by atoms with Gasteiger partial charge in [-0.3, -0.25) is 4.79 Å². The Balaban J connectivity index is 2.40. The maximum absolute atomic E-state index is 11.1. The number of nitrogens with one attached hydrogen (secondary N) is 1. The topological polar surface area (TPSA) is 29.1 Å². The van der Waals surface area contributed by atoms with Crippen LogP contribution in [0, 0.1) is 0 Å². The first-order chi connectivity index (χ1) is 7.33.